The van der Waals surface area contributed by atoms with Crippen molar-refractivity contribution in [3.8, 4) is 11.8 Å². The molecule has 0 unspecified atom stereocenters. The maximum atomic E-state index is 4.35. The van der Waals surface area contributed by atoms with Gasteiger partial charge in [-0.1, -0.05) is 5.92 Å². The van der Waals surface area contributed by atoms with Crippen LogP contribution in [0.1, 0.15) is 12.1 Å². The lowest BCUT2D eigenvalue weighted by atomic mass is 10.3. The Morgan fingerprint density at radius 2 is 2.47 bits per heavy atom. The van der Waals surface area contributed by atoms with Gasteiger partial charge in [0.25, 0.3) is 0 Å². The second-order valence-electron chi connectivity index (χ2n) is 3.12. The molecule has 0 atom stereocenters. The van der Waals surface area contributed by atoms with Gasteiger partial charge in [0, 0.05) is 19.2 Å². The molecule has 2 heterocycles. The van der Waals surface area contributed by atoms with Crippen LogP contribution in [0.2, 0.25) is 0 Å². The van der Waals surface area contributed by atoms with Gasteiger partial charge in [-0.25, -0.2) is 9.97 Å². The van der Waals surface area contributed by atoms with E-state index in [1.165, 1.54) is 0 Å². The van der Waals surface area contributed by atoms with E-state index >= 15 is 0 Å². The van der Waals surface area contributed by atoms with Crippen LogP contribution >= 0.6 is 0 Å². The highest BCUT2D eigenvalue weighted by molar-refractivity contribution is 5.70. The van der Waals surface area contributed by atoms with Crippen LogP contribution in [0.3, 0.4) is 0 Å². The van der Waals surface area contributed by atoms with Crippen molar-refractivity contribution in [3.63, 3.8) is 0 Å². The van der Waals surface area contributed by atoms with Crippen molar-refractivity contribution < 1.29 is 0 Å². The summed E-state index contributed by atoms with van der Waals surface area (Å²) in [5.41, 5.74) is 2.38. The van der Waals surface area contributed by atoms with Crippen LogP contribution in [0.15, 0.2) is 18.5 Å². The van der Waals surface area contributed by atoms with Gasteiger partial charge in [-0.2, -0.15) is 0 Å². The van der Waals surface area contributed by atoms with Crippen LogP contribution in [0.4, 0.5) is 0 Å². The van der Waals surface area contributed by atoms with Gasteiger partial charge in [-0.15, -0.1) is 0 Å². The molecule has 2 aromatic rings. The molecular weight excluding hydrogens is 188 g/mol. The fourth-order valence-corrected chi connectivity index (χ4v) is 1.23. The number of aromatic amines is 1. The van der Waals surface area contributed by atoms with Crippen LogP contribution in [0, 0.1) is 11.8 Å². The van der Waals surface area contributed by atoms with Crippen LogP contribution in [0.5, 0.6) is 0 Å². The molecular formula is C11H12N4. The van der Waals surface area contributed by atoms with Crippen LogP contribution < -0.4 is 5.32 Å². The third-order valence-corrected chi connectivity index (χ3v) is 1.98. The number of hydrogen-bond donors (Lipinski definition) is 2. The second-order valence-corrected chi connectivity index (χ2v) is 3.12. The SMILES string of the molecule is CNCCC#Cc1cnc2[nH]ccc2n1. The smallest absolute Gasteiger partial charge is 0.156 e. The number of fused-ring (bicyclic) bond motifs is 1. The highest BCUT2D eigenvalue weighted by Crippen LogP contribution is 2.05. The minimum absolute atomic E-state index is 0.721. The van der Waals surface area contributed by atoms with Gasteiger partial charge in [0.2, 0.25) is 0 Å². The zero-order chi connectivity index (χ0) is 10.5. The second kappa shape index (κ2) is 4.58. The number of hydrogen-bond acceptors (Lipinski definition) is 3. The molecule has 0 fully saturated rings. The molecule has 15 heavy (non-hydrogen) atoms. The average molecular weight is 200 g/mol. The van der Waals surface area contributed by atoms with E-state index in [0.717, 1.165) is 29.8 Å². The topological polar surface area (TPSA) is 53.6 Å². The summed E-state index contributed by atoms with van der Waals surface area (Å²) >= 11 is 0. The van der Waals surface area contributed by atoms with E-state index in [2.05, 4.69) is 32.1 Å². The molecule has 76 valence electrons. The molecule has 2 N–H and O–H groups in total. The quantitative estimate of drug-likeness (QED) is 0.560. The van der Waals surface area contributed by atoms with Crippen molar-refractivity contribution in [3.05, 3.63) is 24.2 Å². The fourth-order valence-electron chi connectivity index (χ4n) is 1.23. The molecule has 0 amide bonds. The number of aromatic nitrogens is 3. The van der Waals surface area contributed by atoms with E-state index in [9.17, 15) is 0 Å². The normalized spacial score (nSPS) is 9.93. The predicted octanol–water partition coefficient (Wildman–Crippen LogP) is 0.919. The summed E-state index contributed by atoms with van der Waals surface area (Å²) in [6.07, 6.45) is 4.33. The largest absolute Gasteiger partial charge is 0.345 e. The van der Waals surface area contributed by atoms with E-state index in [1.54, 1.807) is 6.20 Å². The summed E-state index contributed by atoms with van der Waals surface area (Å²) < 4.78 is 0. The zero-order valence-electron chi connectivity index (χ0n) is 8.54. The Bertz CT molecular complexity index is 504. The fraction of sp³-hybridized carbons (Fsp3) is 0.273. The van der Waals surface area contributed by atoms with Crippen molar-refractivity contribution in [2.45, 2.75) is 6.42 Å². The molecule has 4 heteroatoms. The molecule has 4 nitrogen and oxygen atoms in total. The predicted molar refractivity (Wildman–Crippen MR) is 59.3 cm³/mol. The Morgan fingerprint density at radius 1 is 1.53 bits per heavy atom. The first-order chi connectivity index (χ1) is 7.40. The standard InChI is InChI=1S/C11H12N4/c1-12-6-3-2-4-9-8-14-11-10(15-9)5-7-13-11/h5,7-8,12H,3,6H2,1H3,(H,13,14). The molecule has 0 aliphatic rings. The minimum atomic E-state index is 0.721. The molecule has 0 aromatic carbocycles. The highest BCUT2D eigenvalue weighted by Gasteiger charge is 1.96. The van der Waals surface area contributed by atoms with Gasteiger partial charge >= 0.3 is 0 Å². The van der Waals surface area contributed by atoms with Crippen molar-refractivity contribution in [1.82, 2.24) is 20.3 Å². The Kier molecular flexibility index (Phi) is 2.96. The molecule has 0 aliphatic carbocycles. The maximum Gasteiger partial charge on any atom is 0.156 e. The lowest BCUT2D eigenvalue weighted by Gasteiger charge is -1.90. The van der Waals surface area contributed by atoms with Gasteiger partial charge < -0.3 is 10.3 Å². The lowest BCUT2D eigenvalue weighted by Crippen LogP contribution is -2.05. The molecule has 0 bridgehead atoms. The zero-order valence-corrected chi connectivity index (χ0v) is 8.54. The molecule has 0 spiro atoms. The molecule has 0 aliphatic heterocycles. The number of rotatable bonds is 2. The van der Waals surface area contributed by atoms with E-state index < -0.39 is 0 Å². The Labute approximate surface area is 88.1 Å². The van der Waals surface area contributed by atoms with Crippen molar-refractivity contribution >= 4 is 11.2 Å². The van der Waals surface area contributed by atoms with Crippen LogP contribution in [0.25, 0.3) is 11.2 Å². The molecule has 0 saturated carbocycles. The van der Waals surface area contributed by atoms with Crippen LogP contribution in [-0.2, 0) is 0 Å². The first-order valence-corrected chi connectivity index (χ1v) is 4.84. The monoisotopic (exact) mass is 200 g/mol. The summed E-state index contributed by atoms with van der Waals surface area (Å²) in [4.78, 5) is 11.5. The maximum absolute atomic E-state index is 4.35. The number of nitrogens with one attached hydrogen (secondary N) is 2. The lowest BCUT2D eigenvalue weighted by molar-refractivity contribution is 0.818. The van der Waals surface area contributed by atoms with Gasteiger partial charge in [-0.05, 0) is 19.0 Å². The molecule has 0 radical (unpaired) electrons. The van der Waals surface area contributed by atoms with Gasteiger partial charge in [0.05, 0.1) is 6.20 Å². The first-order valence-electron chi connectivity index (χ1n) is 4.84. The van der Waals surface area contributed by atoms with E-state index in [-0.39, 0.29) is 0 Å². The Morgan fingerprint density at radius 3 is 3.33 bits per heavy atom. The Hall–Kier alpha value is -1.86. The van der Waals surface area contributed by atoms with Gasteiger partial charge in [0.1, 0.15) is 11.2 Å². The minimum Gasteiger partial charge on any atom is -0.345 e. The summed E-state index contributed by atoms with van der Waals surface area (Å²) in [7, 11) is 1.91. The Balaban J connectivity index is 2.16. The van der Waals surface area contributed by atoms with E-state index in [0.29, 0.717) is 0 Å². The van der Waals surface area contributed by atoms with Crippen LogP contribution in [-0.4, -0.2) is 28.5 Å². The first kappa shape index (κ1) is 9.69. The highest BCUT2D eigenvalue weighted by atomic mass is 14.9. The van der Waals surface area contributed by atoms with Crippen molar-refractivity contribution in [2.75, 3.05) is 13.6 Å². The van der Waals surface area contributed by atoms with Gasteiger partial charge in [0.15, 0.2) is 5.65 Å². The molecule has 2 rings (SSSR count). The summed E-state index contributed by atoms with van der Waals surface area (Å²) in [6.45, 7) is 0.896. The third-order valence-electron chi connectivity index (χ3n) is 1.98. The average Bonchev–Trinajstić information content (AvgIpc) is 2.71. The number of nitrogens with zero attached hydrogens (tertiary/aromatic N) is 2. The third kappa shape index (κ3) is 2.33. The van der Waals surface area contributed by atoms with E-state index in [4.69, 9.17) is 0 Å². The number of H-pyrrole nitrogens is 1. The summed E-state index contributed by atoms with van der Waals surface area (Å²) in [5, 5.41) is 3.04. The van der Waals surface area contributed by atoms with E-state index in [1.807, 2.05) is 19.3 Å². The molecule has 0 saturated heterocycles. The van der Waals surface area contributed by atoms with Crippen molar-refractivity contribution in [1.29, 1.82) is 0 Å². The van der Waals surface area contributed by atoms with Crippen molar-refractivity contribution in [2.24, 2.45) is 0 Å². The molecule has 2 aromatic heterocycles. The summed E-state index contributed by atoms with van der Waals surface area (Å²) in [6, 6.07) is 1.89. The van der Waals surface area contributed by atoms with Gasteiger partial charge in [-0.3, -0.25) is 0 Å². The summed E-state index contributed by atoms with van der Waals surface area (Å²) in [5.74, 6) is 6.02.